The van der Waals surface area contributed by atoms with Crippen LogP contribution in [0.5, 0.6) is 0 Å². The van der Waals surface area contributed by atoms with E-state index in [1.165, 1.54) is 6.33 Å². The van der Waals surface area contributed by atoms with Crippen molar-refractivity contribution in [2.45, 2.75) is 25.0 Å². The molecule has 11 heteroatoms. The number of aliphatic hydroxyl groups excluding tert-OH is 2. The quantitative estimate of drug-likeness (QED) is 0.333. The summed E-state index contributed by atoms with van der Waals surface area (Å²) in [5.41, 5.74) is 6.29. The molecular weight excluding hydrogens is 315 g/mol. The van der Waals surface area contributed by atoms with Gasteiger partial charge in [-0.25, -0.2) is 9.97 Å². The molecule has 120 valence electrons. The zero-order chi connectivity index (χ0) is 15.7. The third-order valence-corrected chi connectivity index (χ3v) is 3.73. The number of aliphatic hydroxyl groups is 2. The summed E-state index contributed by atoms with van der Waals surface area (Å²) in [5, 5.41) is 19.4. The zero-order valence-corrected chi connectivity index (χ0v) is 12.2. The first-order valence-electron chi connectivity index (χ1n) is 6.41. The number of aromatic nitrogens is 3. The highest BCUT2D eigenvalue weighted by Crippen LogP contribution is 2.36. The number of nitrogens with zero attached hydrogens (tertiary/aromatic N) is 3. The Balaban J connectivity index is 1.75. The van der Waals surface area contributed by atoms with Crippen molar-refractivity contribution in [1.82, 2.24) is 14.5 Å². The molecule has 0 bridgehead atoms. The maximum absolute atomic E-state index is 10.1. The number of ether oxygens (including phenoxy) is 1. The molecule has 0 radical (unpaired) electrons. The summed E-state index contributed by atoms with van der Waals surface area (Å²) in [6, 6.07) is 1.73. The standard InChI is InChI=1S/C11H15N4O6P/c12-9-6-1-2-15(10(6)14-4-13-9)11-7(17)3-8(19-11)20-21-22(18)5-16/h1-2,4,7-8,11,16-18H,3,5H2,(H2,12,13,14)/t7-,8+,11+,22?/m0/s1. The number of hydrogen-bond acceptors (Lipinski definition) is 9. The van der Waals surface area contributed by atoms with Gasteiger partial charge in [0.15, 0.2) is 12.5 Å². The normalized spacial score (nSPS) is 26.6. The predicted molar refractivity (Wildman–Crippen MR) is 74.9 cm³/mol. The fourth-order valence-electron chi connectivity index (χ4n) is 2.25. The topological polar surface area (TPSA) is 145 Å². The Morgan fingerprint density at radius 1 is 1.50 bits per heavy atom. The van der Waals surface area contributed by atoms with Gasteiger partial charge in [-0.15, -0.1) is 0 Å². The van der Waals surface area contributed by atoms with Crippen molar-refractivity contribution in [3.05, 3.63) is 18.6 Å². The summed E-state index contributed by atoms with van der Waals surface area (Å²) in [6.45, 7) is 0. The van der Waals surface area contributed by atoms with Crippen molar-refractivity contribution in [2.24, 2.45) is 0 Å². The second kappa shape index (κ2) is 6.39. The Morgan fingerprint density at radius 2 is 2.32 bits per heavy atom. The fourth-order valence-corrected chi connectivity index (χ4v) is 2.49. The van der Waals surface area contributed by atoms with Crippen LogP contribution >= 0.6 is 8.38 Å². The van der Waals surface area contributed by atoms with Crippen molar-refractivity contribution >= 4 is 25.2 Å². The third-order valence-electron chi connectivity index (χ3n) is 3.23. The number of rotatable bonds is 5. The molecule has 3 rings (SSSR count). The average molecular weight is 330 g/mol. The lowest BCUT2D eigenvalue weighted by Crippen LogP contribution is -2.19. The van der Waals surface area contributed by atoms with Crippen LogP contribution in [0.25, 0.3) is 11.0 Å². The van der Waals surface area contributed by atoms with Gasteiger partial charge in [-0.1, -0.05) is 0 Å². The summed E-state index contributed by atoms with van der Waals surface area (Å²) in [5.74, 6) is 0.334. The van der Waals surface area contributed by atoms with E-state index >= 15 is 0 Å². The molecule has 0 aromatic carbocycles. The zero-order valence-electron chi connectivity index (χ0n) is 11.3. The van der Waals surface area contributed by atoms with E-state index in [4.69, 9.17) is 25.4 Å². The number of anilines is 1. The Hall–Kier alpha value is -1.39. The summed E-state index contributed by atoms with van der Waals surface area (Å²) >= 11 is 0. The molecular formula is C11H15N4O6P. The molecule has 1 fully saturated rings. The molecule has 2 aromatic heterocycles. The minimum absolute atomic E-state index is 0.138. The molecule has 1 aliphatic rings. The minimum Gasteiger partial charge on any atom is -0.388 e. The van der Waals surface area contributed by atoms with Gasteiger partial charge in [-0.05, 0) is 6.07 Å². The molecule has 2 aromatic rings. The predicted octanol–water partition coefficient (Wildman–Crippen LogP) is -0.178. The van der Waals surface area contributed by atoms with Crippen LogP contribution in [0.15, 0.2) is 18.6 Å². The summed E-state index contributed by atoms with van der Waals surface area (Å²) < 4.78 is 11.7. The first-order chi connectivity index (χ1) is 10.6. The Bertz CT molecular complexity index is 655. The molecule has 22 heavy (non-hydrogen) atoms. The molecule has 1 unspecified atom stereocenters. The van der Waals surface area contributed by atoms with Crippen molar-refractivity contribution in [3.8, 4) is 0 Å². The molecule has 10 nitrogen and oxygen atoms in total. The molecule has 4 atom stereocenters. The SMILES string of the molecule is Nc1ncnc2c1ccn2[C@@H]1O[C@H](OOP(O)CO)C[C@@H]1O. The Kier molecular flexibility index (Phi) is 4.50. The van der Waals surface area contributed by atoms with E-state index in [1.54, 1.807) is 16.8 Å². The van der Waals surface area contributed by atoms with Crippen LogP contribution in [-0.2, 0) is 14.3 Å². The fraction of sp³-hybridized carbons (Fsp3) is 0.455. The van der Waals surface area contributed by atoms with Gasteiger partial charge in [0.2, 0.25) is 8.38 Å². The Morgan fingerprint density at radius 3 is 3.09 bits per heavy atom. The van der Waals surface area contributed by atoms with Crippen molar-refractivity contribution in [1.29, 1.82) is 0 Å². The van der Waals surface area contributed by atoms with Gasteiger partial charge in [0.25, 0.3) is 0 Å². The van der Waals surface area contributed by atoms with Crippen LogP contribution in [0.1, 0.15) is 12.6 Å². The largest absolute Gasteiger partial charge is 0.388 e. The van der Waals surface area contributed by atoms with E-state index < -0.39 is 33.3 Å². The maximum Gasteiger partial charge on any atom is 0.232 e. The van der Waals surface area contributed by atoms with Gasteiger partial charge in [-0.3, -0.25) is 0 Å². The van der Waals surface area contributed by atoms with Crippen molar-refractivity contribution < 1.29 is 29.4 Å². The lowest BCUT2D eigenvalue weighted by Gasteiger charge is -2.17. The second-order valence-corrected chi connectivity index (χ2v) is 5.78. The molecule has 1 aliphatic heterocycles. The highest BCUT2D eigenvalue weighted by Gasteiger charge is 2.37. The van der Waals surface area contributed by atoms with E-state index in [1.807, 2.05) is 0 Å². The molecule has 0 spiro atoms. The summed E-state index contributed by atoms with van der Waals surface area (Å²) in [6.07, 6.45) is 0.123. The number of nitrogen functional groups attached to an aromatic ring is 1. The number of hydrogen-bond donors (Lipinski definition) is 4. The molecule has 1 saturated heterocycles. The van der Waals surface area contributed by atoms with Crippen molar-refractivity contribution in [3.63, 3.8) is 0 Å². The van der Waals surface area contributed by atoms with Gasteiger partial charge in [0, 0.05) is 12.6 Å². The van der Waals surface area contributed by atoms with Gasteiger partial charge < -0.3 is 30.1 Å². The van der Waals surface area contributed by atoms with Crippen LogP contribution in [0.4, 0.5) is 5.82 Å². The monoisotopic (exact) mass is 330 g/mol. The lowest BCUT2D eigenvalue weighted by molar-refractivity contribution is -0.318. The van der Waals surface area contributed by atoms with Crippen LogP contribution in [0, 0.1) is 0 Å². The van der Waals surface area contributed by atoms with E-state index in [2.05, 4.69) is 14.6 Å². The molecule has 0 amide bonds. The summed E-state index contributed by atoms with van der Waals surface area (Å²) in [7, 11) is -2.07. The van der Waals surface area contributed by atoms with Gasteiger partial charge in [0.05, 0.1) is 5.39 Å². The highest BCUT2D eigenvalue weighted by molar-refractivity contribution is 7.45. The van der Waals surface area contributed by atoms with Crippen LogP contribution in [-0.4, -0.2) is 48.4 Å². The Labute approximate surface area is 125 Å². The van der Waals surface area contributed by atoms with Gasteiger partial charge in [0.1, 0.15) is 30.2 Å². The molecule has 0 saturated carbocycles. The lowest BCUT2D eigenvalue weighted by atomic mass is 10.2. The van der Waals surface area contributed by atoms with E-state index in [0.717, 1.165) is 0 Å². The number of nitrogens with two attached hydrogens (primary N) is 1. The number of fused-ring (bicyclic) bond motifs is 1. The molecule has 5 N–H and O–H groups in total. The molecule has 0 aliphatic carbocycles. The van der Waals surface area contributed by atoms with E-state index in [9.17, 15) is 5.11 Å². The van der Waals surface area contributed by atoms with Gasteiger partial charge in [-0.2, -0.15) is 9.56 Å². The average Bonchev–Trinajstić information content (AvgIpc) is 3.09. The van der Waals surface area contributed by atoms with Crippen LogP contribution in [0.2, 0.25) is 0 Å². The van der Waals surface area contributed by atoms with Gasteiger partial charge >= 0.3 is 0 Å². The first kappa shape index (κ1) is 15.5. The second-order valence-electron chi connectivity index (χ2n) is 4.64. The highest BCUT2D eigenvalue weighted by atomic mass is 31.2. The molecule has 3 heterocycles. The smallest absolute Gasteiger partial charge is 0.232 e. The van der Waals surface area contributed by atoms with E-state index in [-0.39, 0.29) is 6.42 Å². The first-order valence-corrected chi connectivity index (χ1v) is 7.81. The maximum atomic E-state index is 10.1. The van der Waals surface area contributed by atoms with E-state index in [0.29, 0.717) is 16.9 Å². The van der Waals surface area contributed by atoms with Crippen LogP contribution in [0.3, 0.4) is 0 Å². The third kappa shape index (κ3) is 2.90. The van der Waals surface area contributed by atoms with Crippen LogP contribution < -0.4 is 5.73 Å². The van der Waals surface area contributed by atoms with Crippen molar-refractivity contribution in [2.75, 3.05) is 12.1 Å². The minimum atomic E-state index is -2.07. The summed E-state index contributed by atoms with van der Waals surface area (Å²) in [4.78, 5) is 22.0.